The summed E-state index contributed by atoms with van der Waals surface area (Å²) >= 11 is 3.55. The second-order valence-corrected chi connectivity index (χ2v) is 5.99. The first-order chi connectivity index (χ1) is 9.45. The molecule has 0 radical (unpaired) electrons. The van der Waals surface area contributed by atoms with Gasteiger partial charge in [-0.1, -0.05) is 6.07 Å². The van der Waals surface area contributed by atoms with E-state index in [1.54, 1.807) is 0 Å². The smallest absolute Gasteiger partial charge is 0.134 e. The average molecular weight is 338 g/mol. The van der Waals surface area contributed by atoms with Gasteiger partial charge in [-0.3, -0.25) is 4.68 Å². The molecule has 0 aliphatic heterocycles. The first-order valence-corrected chi connectivity index (χ1v) is 7.41. The summed E-state index contributed by atoms with van der Waals surface area (Å²) in [4.78, 5) is 0. The molecule has 1 unspecified atom stereocenters. The van der Waals surface area contributed by atoms with Gasteiger partial charge in [-0.05, 0) is 60.0 Å². The number of nitrogens with two attached hydrogens (primary N) is 1. The molecule has 4 nitrogen and oxygen atoms in total. The Morgan fingerprint density at radius 3 is 2.70 bits per heavy atom. The summed E-state index contributed by atoms with van der Waals surface area (Å²) in [6.07, 6.45) is 0.861. The fourth-order valence-corrected chi connectivity index (χ4v) is 2.65. The summed E-state index contributed by atoms with van der Waals surface area (Å²) in [5.74, 6) is 0.831. The molecule has 5 heteroatoms. The summed E-state index contributed by atoms with van der Waals surface area (Å²) in [5, 5.41) is 4.30. The molecule has 0 saturated carbocycles. The molecular weight excluding hydrogens is 318 g/mol. The zero-order valence-electron chi connectivity index (χ0n) is 12.1. The minimum atomic E-state index is 0.158. The molecular formula is C15H20BrN3O. The van der Waals surface area contributed by atoms with Crippen LogP contribution < -0.4 is 10.5 Å². The molecule has 2 N–H and O–H groups in total. The fraction of sp³-hybridized carbons (Fsp3) is 0.400. The molecule has 20 heavy (non-hydrogen) atoms. The van der Waals surface area contributed by atoms with E-state index >= 15 is 0 Å². The largest absolute Gasteiger partial charge is 0.486 e. The highest BCUT2D eigenvalue weighted by atomic mass is 79.9. The predicted molar refractivity (Wildman–Crippen MR) is 83.8 cm³/mol. The van der Waals surface area contributed by atoms with Crippen molar-refractivity contribution in [1.29, 1.82) is 0 Å². The number of hydrogen-bond acceptors (Lipinski definition) is 3. The van der Waals surface area contributed by atoms with Crippen LogP contribution in [0.1, 0.15) is 23.9 Å². The quantitative estimate of drug-likeness (QED) is 0.912. The summed E-state index contributed by atoms with van der Waals surface area (Å²) in [6.45, 7) is 4.48. The van der Waals surface area contributed by atoms with E-state index in [4.69, 9.17) is 10.5 Å². The van der Waals surface area contributed by atoms with E-state index in [-0.39, 0.29) is 6.04 Å². The third-order valence-electron chi connectivity index (χ3n) is 3.03. The van der Waals surface area contributed by atoms with Crippen molar-refractivity contribution in [1.82, 2.24) is 9.78 Å². The lowest BCUT2D eigenvalue weighted by Gasteiger charge is -2.11. The number of aromatic nitrogens is 2. The Labute approximate surface area is 128 Å². The normalized spacial score (nSPS) is 12.4. The van der Waals surface area contributed by atoms with E-state index in [0.717, 1.165) is 28.0 Å². The van der Waals surface area contributed by atoms with Gasteiger partial charge in [0.05, 0.1) is 15.9 Å². The van der Waals surface area contributed by atoms with Crippen LogP contribution in [0.2, 0.25) is 0 Å². The second kappa shape index (κ2) is 6.41. The van der Waals surface area contributed by atoms with Gasteiger partial charge < -0.3 is 10.5 Å². The highest BCUT2D eigenvalue weighted by molar-refractivity contribution is 9.10. The van der Waals surface area contributed by atoms with Crippen molar-refractivity contribution >= 4 is 15.9 Å². The van der Waals surface area contributed by atoms with Crippen molar-refractivity contribution in [3.8, 4) is 5.75 Å². The molecule has 2 rings (SSSR count). The van der Waals surface area contributed by atoms with Crippen LogP contribution in [0.5, 0.6) is 5.75 Å². The van der Waals surface area contributed by atoms with Crippen molar-refractivity contribution in [2.24, 2.45) is 12.8 Å². The first kappa shape index (κ1) is 15.1. The van der Waals surface area contributed by atoms with Crippen molar-refractivity contribution in [3.63, 3.8) is 0 Å². The molecule has 0 aliphatic rings. The third kappa shape index (κ3) is 3.84. The SMILES string of the molecule is Cc1cc(COc2ccc(CC(C)N)cc2Br)n(C)n1. The minimum Gasteiger partial charge on any atom is -0.486 e. The molecule has 0 spiro atoms. The Kier molecular flexibility index (Phi) is 4.83. The number of aryl methyl sites for hydroxylation is 2. The Balaban J connectivity index is 2.04. The van der Waals surface area contributed by atoms with Gasteiger partial charge in [0.2, 0.25) is 0 Å². The number of nitrogens with zero attached hydrogens (tertiary/aromatic N) is 2. The van der Waals surface area contributed by atoms with E-state index in [9.17, 15) is 0 Å². The van der Waals surface area contributed by atoms with Gasteiger partial charge in [0.15, 0.2) is 0 Å². The van der Waals surface area contributed by atoms with Gasteiger partial charge in [0.1, 0.15) is 12.4 Å². The second-order valence-electron chi connectivity index (χ2n) is 5.14. The molecule has 0 amide bonds. The van der Waals surface area contributed by atoms with Gasteiger partial charge in [-0.15, -0.1) is 0 Å². The summed E-state index contributed by atoms with van der Waals surface area (Å²) in [6, 6.07) is 8.28. The molecule has 2 aromatic rings. The number of halogens is 1. The molecule has 0 saturated heterocycles. The third-order valence-corrected chi connectivity index (χ3v) is 3.65. The van der Waals surface area contributed by atoms with Crippen LogP contribution in [0.4, 0.5) is 0 Å². The van der Waals surface area contributed by atoms with E-state index in [1.807, 2.05) is 37.7 Å². The molecule has 1 atom stereocenters. The maximum Gasteiger partial charge on any atom is 0.134 e. The topological polar surface area (TPSA) is 53.1 Å². The lowest BCUT2D eigenvalue weighted by Crippen LogP contribution is -2.17. The summed E-state index contributed by atoms with van der Waals surface area (Å²) < 4.78 is 8.63. The summed E-state index contributed by atoms with van der Waals surface area (Å²) in [5.41, 5.74) is 9.06. The van der Waals surface area contributed by atoms with Crippen molar-refractivity contribution in [2.75, 3.05) is 0 Å². The van der Waals surface area contributed by atoms with Gasteiger partial charge in [0.25, 0.3) is 0 Å². The summed E-state index contributed by atoms with van der Waals surface area (Å²) in [7, 11) is 1.92. The van der Waals surface area contributed by atoms with Crippen molar-refractivity contribution < 1.29 is 4.74 Å². The fourth-order valence-electron chi connectivity index (χ4n) is 2.11. The Bertz CT molecular complexity index is 593. The first-order valence-electron chi connectivity index (χ1n) is 6.62. The van der Waals surface area contributed by atoms with Gasteiger partial charge in [-0.25, -0.2) is 0 Å². The zero-order chi connectivity index (χ0) is 14.7. The number of benzene rings is 1. The van der Waals surface area contributed by atoms with E-state index in [2.05, 4.69) is 33.2 Å². The lowest BCUT2D eigenvalue weighted by atomic mass is 10.1. The molecule has 0 fully saturated rings. The maximum absolute atomic E-state index is 5.84. The van der Waals surface area contributed by atoms with Crippen LogP contribution in [-0.2, 0) is 20.1 Å². The minimum absolute atomic E-state index is 0.158. The monoisotopic (exact) mass is 337 g/mol. The van der Waals surface area contributed by atoms with Crippen LogP contribution in [0.25, 0.3) is 0 Å². The van der Waals surface area contributed by atoms with Crippen LogP contribution in [-0.4, -0.2) is 15.8 Å². The van der Waals surface area contributed by atoms with E-state index in [0.29, 0.717) is 6.61 Å². The molecule has 1 heterocycles. The number of ether oxygens (including phenoxy) is 1. The Hall–Kier alpha value is -1.33. The standard InChI is InChI=1S/C15H20BrN3O/c1-10(17)6-12-4-5-15(14(16)8-12)20-9-13-7-11(2)18-19(13)3/h4-5,7-8,10H,6,9,17H2,1-3H3. The van der Waals surface area contributed by atoms with Crippen LogP contribution >= 0.6 is 15.9 Å². The molecule has 1 aromatic carbocycles. The molecule has 1 aromatic heterocycles. The average Bonchev–Trinajstić information content (AvgIpc) is 2.66. The Morgan fingerprint density at radius 1 is 1.40 bits per heavy atom. The van der Waals surface area contributed by atoms with E-state index < -0.39 is 0 Å². The van der Waals surface area contributed by atoms with Crippen molar-refractivity contribution in [2.45, 2.75) is 32.9 Å². The van der Waals surface area contributed by atoms with E-state index in [1.165, 1.54) is 5.56 Å². The number of hydrogen-bond donors (Lipinski definition) is 1. The molecule has 108 valence electrons. The lowest BCUT2D eigenvalue weighted by molar-refractivity contribution is 0.293. The van der Waals surface area contributed by atoms with Crippen molar-refractivity contribution in [3.05, 3.63) is 45.7 Å². The Morgan fingerprint density at radius 2 is 2.15 bits per heavy atom. The van der Waals surface area contributed by atoms with Crippen LogP contribution in [0.15, 0.2) is 28.7 Å². The maximum atomic E-state index is 5.84. The van der Waals surface area contributed by atoms with Gasteiger partial charge in [0, 0.05) is 13.1 Å². The molecule has 0 aliphatic carbocycles. The van der Waals surface area contributed by atoms with Gasteiger partial charge >= 0.3 is 0 Å². The highest BCUT2D eigenvalue weighted by Gasteiger charge is 2.07. The number of rotatable bonds is 5. The zero-order valence-corrected chi connectivity index (χ0v) is 13.6. The highest BCUT2D eigenvalue weighted by Crippen LogP contribution is 2.27. The van der Waals surface area contributed by atoms with Crippen LogP contribution in [0.3, 0.4) is 0 Å². The van der Waals surface area contributed by atoms with Crippen LogP contribution in [0, 0.1) is 6.92 Å². The van der Waals surface area contributed by atoms with Gasteiger partial charge in [-0.2, -0.15) is 5.10 Å². The molecule has 0 bridgehead atoms. The predicted octanol–water partition coefficient (Wildman–Crippen LogP) is 2.96.